The van der Waals surface area contributed by atoms with E-state index in [9.17, 15) is 18.9 Å². The Bertz CT molecular complexity index is 717. The standard InChI is InChI=1S/C14H11F2N3O2/c1-9(10-3-2-4-12(7-10)19(20)21)17-18-14-6-5-11(15)8-13(14)16/h2-8,18H,1H3/b17-9-. The van der Waals surface area contributed by atoms with Gasteiger partial charge in [0.15, 0.2) is 5.82 Å². The summed E-state index contributed by atoms with van der Waals surface area (Å²) < 4.78 is 26.2. The molecule has 0 aliphatic rings. The van der Waals surface area contributed by atoms with Gasteiger partial charge in [0.25, 0.3) is 5.69 Å². The Morgan fingerprint density at radius 3 is 2.67 bits per heavy atom. The van der Waals surface area contributed by atoms with E-state index in [0.29, 0.717) is 11.3 Å². The lowest BCUT2D eigenvalue weighted by Gasteiger charge is -2.05. The van der Waals surface area contributed by atoms with Crippen LogP contribution in [0.2, 0.25) is 0 Å². The van der Waals surface area contributed by atoms with Crippen molar-refractivity contribution in [3.05, 3.63) is 69.8 Å². The van der Waals surface area contributed by atoms with Crippen LogP contribution in [0.1, 0.15) is 12.5 Å². The van der Waals surface area contributed by atoms with Crippen LogP contribution in [0, 0.1) is 21.7 Å². The Morgan fingerprint density at radius 1 is 1.24 bits per heavy atom. The molecule has 2 rings (SSSR count). The van der Waals surface area contributed by atoms with Crippen LogP contribution in [0.4, 0.5) is 20.2 Å². The number of nitrogens with one attached hydrogen (secondary N) is 1. The molecular formula is C14H11F2N3O2. The molecule has 108 valence electrons. The molecule has 0 aromatic heterocycles. The lowest BCUT2D eigenvalue weighted by molar-refractivity contribution is -0.384. The van der Waals surface area contributed by atoms with Crippen LogP contribution in [-0.2, 0) is 0 Å². The van der Waals surface area contributed by atoms with Gasteiger partial charge in [-0.1, -0.05) is 12.1 Å². The summed E-state index contributed by atoms with van der Waals surface area (Å²) in [6.45, 7) is 1.62. The first-order valence-electron chi connectivity index (χ1n) is 5.97. The quantitative estimate of drug-likeness (QED) is 0.530. The van der Waals surface area contributed by atoms with E-state index in [1.807, 2.05) is 0 Å². The molecule has 0 spiro atoms. The maximum absolute atomic E-state index is 13.4. The number of hydrogen-bond donors (Lipinski definition) is 1. The van der Waals surface area contributed by atoms with Crippen molar-refractivity contribution in [2.45, 2.75) is 6.92 Å². The molecule has 2 aromatic carbocycles. The van der Waals surface area contributed by atoms with E-state index in [0.717, 1.165) is 12.1 Å². The van der Waals surface area contributed by atoms with Crippen molar-refractivity contribution in [1.82, 2.24) is 0 Å². The number of halogens is 2. The number of hydrazone groups is 1. The van der Waals surface area contributed by atoms with E-state index >= 15 is 0 Å². The summed E-state index contributed by atoms with van der Waals surface area (Å²) in [6, 6.07) is 8.96. The molecule has 0 fully saturated rings. The highest BCUT2D eigenvalue weighted by molar-refractivity contribution is 5.99. The minimum absolute atomic E-state index is 0.0150. The SMILES string of the molecule is C/C(=N/Nc1ccc(F)cc1F)c1cccc([N+](=O)[O-])c1. The molecule has 2 aromatic rings. The summed E-state index contributed by atoms with van der Waals surface area (Å²) in [5.74, 6) is -1.46. The minimum Gasteiger partial charge on any atom is -0.275 e. The number of benzene rings is 2. The second-order valence-electron chi connectivity index (χ2n) is 4.24. The summed E-state index contributed by atoms with van der Waals surface area (Å²) in [7, 11) is 0. The summed E-state index contributed by atoms with van der Waals surface area (Å²) in [6.07, 6.45) is 0. The summed E-state index contributed by atoms with van der Waals surface area (Å²) in [4.78, 5) is 10.2. The average Bonchev–Trinajstić information content (AvgIpc) is 2.46. The molecule has 0 bridgehead atoms. The molecule has 0 atom stereocenters. The first-order chi connectivity index (χ1) is 9.97. The Kier molecular flexibility index (Phi) is 4.22. The fourth-order valence-electron chi connectivity index (χ4n) is 1.63. The van der Waals surface area contributed by atoms with Crippen molar-refractivity contribution in [1.29, 1.82) is 0 Å². The molecule has 7 heteroatoms. The number of nitro benzene ring substituents is 1. The van der Waals surface area contributed by atoms with Gasteiger partial charge in [-0.05, 0) is 19.1 Å². The van der Waals surface area contributed by atoms with Gasteiger partial charge in [-0.15, -0.1) is 0 Å². The third kappa shape index (κ3) is 3.59. The van der Waals surface area contributed by atoms with Crippen LogP contribution in [0.15, 0.2) is 47.6 Å². The van der Waals surface area contributed by atoms with Crippen LogP contribution < -0.4 is 5.43 Å². The summed E-state index contributed by atoms with van der Waals surface area (Å²) in [5.41, 5.74) is 3.38. The van der Waals surface area contributed by atoms with Crippen molar-refractivity contribution in [2.24, 2.45) is 5.10 Å². The van der Waals surface area contributed by atoms with Crippen molar-refractivity contribution in [3.63, 3.8) is 0 Å². The highest BCUT2D eigenvalue weighted by Gasteiger charge is 2.08. The highest BCUT2D eigenvalue weighted by Crippen LogP contribution is 2.16. The van der Waals surface area contributed by atoms with Gasteiger partial charge >= 0.3 is 0 Å². The maximum Gasteiger partial charge on any atom is 0.270 e. The zero-order valence-electron chi connectivity index (χ0n) is 11.0. The fraction of sp³-hybridized carbons (Fsp3) is 0.0714. The Balaban J connectivity index is 2.21. The second-order valence-corrected chi connectivity index (χ2v) is 4.24. The zero-order valence-corrected chi connectivity index (χ0v) is 11.0. The Morgan fingerprint density at radius 2 is 2.00 bits per heavy atom. The molecule has 0 saturated heterocycles. The van der Waals surface area contributed by atoms with E-state index in [4.69, 9.17) is 0 Å². The molecular weight excluding hydrogens is 280 g/mol. The van der Waals surface area contributed by atoms with Gasteiger partial charge in [-0.25, -0.2) is 8.78 Å². The molecule has 21 heavy (non-hydrogen) atoms. The number of anilines is 1. The fourth-order valence-corrected chi connectivity index (χ4v) is 1.63. The third-order valence-corrected chi connectivity index (χ3v) is 2.75. The normalized spacial score (nSPS) is 11.3. The van der Waals surface area contributed by atoms with Gasteiger partial charge in [0.2, 0.25) is 0 Å². The summed E-state index contributed by atoms with van der Waals surface area (Å²) in [5, 5.41) is 14.6. The minimum atomic E-state index is -0.773. The number of non-ortho nitro benzene ring substituents is 1. The van der Waals surface area contributed by atoms with E-state index in [1.54, 1.807) is 13.0 Å². The van der Waals surface area contributed by atoms with Crippen LogP contribution in [0.3, 0.4) is 0 Å². The zero-order chi connectivity index (χ0) is 15.4. The molecule has 0 unspecified atom stereocenters. The summed E-state index contributed by atoms with van der Waals surface area (Å²) >= 11 is 0. The van der Waals surface area contributed by atoms with Crippen molar-refractivity contribution >= 4 is 17.1 Å². The number of nitro groups is 1. The lowest BCUT2D eigenvalue weighted by atomic mass is 10.1. The molecule has 0 heterocycles. The topological polar surface area (TPSA) is 67.5 Å². The number of nitrogens with zero attached hydrogens (tertiary/aromatic N) is 2. The molecule has 0 radical (unpaired) electrons. The van der Waals surface area contributed by atoms with Gasteiger partial charge < -0.3 is 0 Å². The van der Waals surface area contributed by atoms with E-state index in [-0.39, 0.29) is 11.4 Å². The Labute approximate surface area is 119 Å². The van der Waals surface area contributed by atoms with Gasteiger partial charge in [0.1, 0.15) is 5.82 Å². The average molecular weight is 291 g/mol. The Hall–Kier alpha value is -2.83. The molecule has 1 N–H and O–H groups in total. The molecule has 0 saturated carbocycles. The first-order valence-corrected chi connectivity index (χ1v) is 5.97. The van der Waals surface area contributed by atoms with Crippen molar-refractivity contribution in [3.8, 4) is 0 Å². The van der Waals surface area contributed by atoms with Gasteiger partial charge in [0, 0.05) is 23.8 Å². The van der Waals surface area contributed by atoms with E-state index < -0.39 is 16.6 Å². The second kappa shape index (κ2) is 6.08. The van der Waals surface area contributed by atoms with E-state index in [1.165, 1.54) is 24.3 Å². The monoisotopic (exact) mass is 291 g/mol. The van der Waals surface area contributed by atoms with Gasteiger partial charge in [-0.3, -0.25) is 15.5 Å². The molecule has 0 amide bonds. The predicted molar refractivity (Wildman–Crippen MR) is 75.3 cm³/mol. The third-order valence-electron chi connectivity index (χ3n) is 2.75. The van der Waals surface area contributed by atoms with E-state index in [2.05, 4.69) is 10.5 Å². The lowest BCUT2D eigenvalue weighted by Crippen LogP contribution is -2.02. The first kappa shape index (κ1) is 14.6. The smallest absolute Gasteiger partial charge is 0.270 e. The largest absolute Gasteiger partial charge is 0.275 e. The van der Waals surface area contributed by atoms with Gasteiger partial charge in [0.05, 0.1) is 16.3 Å². The van der Waals surface area contributed by atoms with Crippen molar-refractivity contribution in [2.75, 3.05) is 5.43 Å². The van der Waals surface area contributed by atoms with Crippen LogP contribution >= 0.6 is 0 Å². The number of rotatable bonds is 4. The van der Waals surface area contributed by atoms with Crippen molar-refractivity contribution < 1.29 is 13.7 Å². The van der Waals surface area contributed by atoms with Crippen LogP contribution in [0.25, 0.3) is 0 Å². The van der Waals surface area contributed by atoms with Crippen LogP contribution in [-0.4, -0.2) is 10.6 Å². The molecule has 0 aliphatic heterocycles. The molecule has 5 nitrogen and oxygen atoms in total. The molecule has 0 aliphatic carbocycles. The highest BCUT2D eigenvalue weighted by atomic mass is 19.1. The predicted octanol–water partition coefficient (Wildman–Crippen LogP) is 3.71. The maximum atomic E-state index is 13.4. The van der Waals surface area contributed by atoms with Gasteiger partial charge in [-0.2, -0.15) is 5.10 Å². The van der Waals surface area contributed by atoms with Crippen LogP contribution in [0.5, 0.6) is 0 Å². The number of hydrogen-bond acceptors (Lipinski definition) is 4.